The first-order valence-electron chi connectivity index (χ1n) is 6.12. The Balaban J connectivity index is 2.53. The lowest BCUT2D eigenvalue weighted by Gasteiger charge is -2.12. The van der Waals surface area contributed by atoms with E-state index >= 15 is 0 Å². The van der Waals surface area contributed by atoms with Gasteiger partial charge in [0.15, 0.2) is 0 Å². The largest absolute Gasteiger partial charge is 0.497 e. The Kier molecular flexibility index (Phi) is 6.31. The molecule has 0 aliphatic carbocycles. The third-order valence-corrected chi connectivity index (χ3v) is 2.40. The van der Waals surface area contributed by atoms with Crippen molar-refractivity contribution in [1.29, 1.82) is 0 Å². The van der Waals surface area contributed by atoms with Crippen LogP contribution in [0.2, 0.25) is 0 Å². The zero-order chi connectivity index (χ0) is 15.0. The molecule has 0 saturated heterocycles. The van der Waals surface area contributed by atoms with Gasteiger partial charge in [-0.25, -0.2) is 9.79 Å². The first-order chi connectivity index (χ1) is 9.55. The highest BCUT2D eigenvalue weighted by Gasteiger charge is 2.09. The van der Waals surface area contributed by atoms with E-state index in [0.29, 0.717) is 17.9 Å². The standard InChI is InChI=1S/C13H19N3O4/c1-9(7-8-17)20-13(18)16-12(14)15-10-3-5-11(19-2)6-4-10/h3-6,9,17H,7-8H2,1-2H3,(H3,14,15,16,18). The highest BCUT2D eigenvalue weighted by Crippen LogP contribution is 2.17. The van der Waals surface area contributed by atoms with E-state index in [9.17, 15) is 4.79 Å². The van der Waals surface area contributed by atoms with Crippen LogP contribution < -0.4 is 15.8 Å². The number of aliphatic hydroxyl groups excluding tert-OH is 1. The van der Waals surface area contributed by atoms with Crippen molar-refractivity contribution >= 4 is 17.7 Å². The molecule has 7 nitrogen and oxygen atoms in total. The number of carbonyl (C=O) groups excluding carboxylic acids is 1. The topological polar surface area (TPSA) is 106 Å². The molecule has 0 spiro atoms. The molecule has 0 fully saturated rings. The summed E-state index contributed by atoms with van der Waals surface area (Å²) in [5.41, 5.74) is 6.16. The Labute approximate surface area is 117 Å². The van der Waals surface area contributed by atoms with Gasteiger partial charge in [0.2, 0.25) is 5.96 Å². The van der Waals surface area contributed by atoms with Gasteiger partial charge in [-0.1, -0.05) is 0 Å². The van der Waals surface area contributed by atoms with Gasteiger partial charge in [0, 0.05) is 13.0 Å². The zero-order valence-corrected chi connectivity index (χ0v) is 11.5. The van der Waals surface area contributed by atoms with E-state index in [-0.39, 0.29) is 12.6 Å². The Morgan fingerprint density at radius 2 is 2.10 bits per heavy atom. The molecule has 0 aromatic heterocycles. The molecule has 0 saturated carbocycles. The number of aliphatic hydroxyl groups is 1. The van der Waals surface area contributed by atoms with Crippen molar-refractivity contribution in [2.45, 2.75) is 19.4 Å². The molecule has 0 aliphatic heterocycles. The zero-order valence-electron chi connectivity index (χ0n) is 11.5. The van der Waals surface area contributed by atoms with E-state index in [2.05, 4.69) is 10.3 Å². The number of carbonyl (C=O) groups is 1. The number of nitrogens with two attached hydrogens (primary N) is 1. The molecule has 1 aromatic rings. The summed E-state index contributed by atoms with van der Waals surface area (Å²) in [5.74, 6) is 0.629. The van der Waals surface area contributed by atoms with E-state index in [1.54, 1.807) is 38.3 Å². The van der Waals surface area contributed by atoms with Crippen LogP contribution in [0.5, 0.6) is 5.75 Å². The summed E-state index contributed by atoms with van der Waals surface area (Å²) in [4.78, 5) is 15.4. The summed E-state index contributed by atoms with van der Waals surface area (Å²) in [5, 5.41) is 11.0. The maximum absolute atomic E-state index is 11.4. The number of alkyl carbamates (subject to hydrolysis) is 1. The smallest absolute Gasteiger partial charge is 0.414 e. The molecule has 1 atom stereocenters. The average Bonchev–Trinajstić information content (AvgIpc) is 2.39. The third-order valence-electron chi connectivity index (χ3n) is 2.40. The molecule has 1 unspecified atom stereocenters. The summed E-state index contributed by atoms with van der Waals surface area (Å²) in [7, 11) is 1.57. The molecule has 7 heteroatoms. The second-order valence-corrected chi connectivity index (χ2v) is 4.05. The first kappa shape index (κ1) is 15.8. The highest BCUT2D eigenvalue weighted by molar-refractivity contribution is 5.94. The Hall–Kier alpha value is -2.28. The molecule has 0 aliphatic rings. The van der Waals surface area contributed by atoms with Crippen LogP contribution in [0.3, 0.4) is 0 Å². The average molecular weight is 281 g/mol. The van der Waals surface area contributed by atoms with Crippen molar-refractivity contribution in [2.24, 2.45) is 10.7 Å². The predicted molar refractivity (Wildman–Crippen MR) is 75.1 cm³/mol. The summed E-state index contributed by atoms with van der Waals surface area (Å²) in [6.07, 6.45) is -0.738. The number of nitrogens with zero attached hydrogens (tertiary/aromatic N) is 1. The van der Waals surface area contributed by atoms with Gasteiger partial charge < -0.3 is 20.3 Å². The molecule has 0 radical (unpaired) electrons. The maximum atomic E-state index is 11.4. The fraction of sp³-hybridized carbons (Fsp3) is 0.385. The summed E-state index contributed by atoms with van der Waals surface area (Å²) >= 11 is 0. The number of benzene rings is 1. The minimum absolute atomic E-state index is 0.0517. The fourth-order valence-corrected chi connectivity index (χ4v) is 1.38. The summed E-state index contributed by atoms with van der Waals surface area (Å²) in [6, 6.07) is 6.86. The second kappa shape index (κ2) is 8.00. The van der Waals surface area contributed by atoms with Crippen molar-refractivity contribution in [3.63, 3.8) is 0 Å². The maximum Gasteiger partial charge on any atom is 0.414 e. The Bertz CT molecular complexity index is 459. The van der Waals surface area contributed by atoms with Gasteiger partial charge >= 0.3 is 6.09 Å². The number of rotatable bonds is 5. The van der Waals surface area contributed by atoms with Crippen molar-refractivity contribution < 1.29 is 19.4 Å². The van der Waals surface area contributed by atoms with E-state index in [0.717, 1.165) is 0 Å². The van der Waals surface area contributed by atoms with E-state index in [1.165, 1.54) is 0 Å². The fourth-order valence-electron chi connectivity index (χ4n) is 1.38. The quantitative estimate of drug-likeness (QED) is 0.554. The number of ether oxygens (including phenoxy) is 2. The first-order valence-corrected chi connectivity index (χ1v) is 6.12. The molecule has 0 bridgehead atoms. The molecule has 4 N–H and O–H groups in total. The molecule has 110 valence electrons. The van der Waals surface area contributed by atoms with Crippen LogP contribution in [-0.4, -0.2) is 37.0 Å². The van der Waals surface area contributed by atoms with E-state index in [4.69, 9.17) is 20.3 Å². The van der Waals surface area contributed by atoms with Crippen LogP contribution in [0.4, 0.5) is 10.5 Å². The SMILES string of the molecule is COc1ccc(N=C(N)NC(=O)OC(C)CCO)cc1. The van der Waals surface area contributed by atoms with Gasteiger partial charge in [0.1, 0.15) is 11.9 Å². The van der Waals surface area contributed by atoms with Crippen LogP contribution in [0.1, 0.15) is 13.3 Å². The van der Waals surface area contributed by atoms with E-state index < -0.39 is 12.2 Å². The minimum Gasteiger partial charge on any atom is -0.497 e. The lowest BCUT2D eigenvalue weighted by atomic mass is 10.3. The lowest BCUT2D eigenvalue weighted by Crippen LogP contribution is -2.38. The molecular formula is C13H19N3O4. The highest BCUT2D eigenvalue weighted by atomic mass is 16.6. The van der Waals surface area contributed by atoms with Crippen LogP contribution in [-0.2, 0) is 4.74 Å². The van der Waals surface area contributed by atoms with Crippen LogP contribution in [0.15, 0.2) is 29.3 Å². The van der Waals surface area contributed by atoms with Crippen molar-refractivity contribution in [1.82, 2.24) is 5.32 Å². The van der Waals surface area contributed by atoms with Crippen LogP contribution >= 0.6 is 0 Å². The molecule has 0 heterocycles. The molecule has 1 amide bonds. The lowest BCUT2D eigenvalue weighted by molar-refractivity contribution is 0.0942. The van der Waals surface area contributed by atoms with Crippen LogP contribution in [0, 0.1) is 0 Å². The Morgan fingerprint density at radius 3 is 2.65 bits per heavy atom. The number of hydrogen-bond acceptors (Lipinski definition) is 5. The van der Waals surface area contributed by atoms with Crippen molar-refractivity contribution in [3.05, 3.63) is 24.3 Å². The van der Waals surface area contributed by atoms with Crippen molar-refractivity contribution in [3.8, 4) is 5.75 Å². The number of amides is 1. The number of aliphatic imine (C=N–C) groups is 1. The second-order valence-electron chi connectivity index (χ2n) is 4.05. The third kappa shape index (κ3) is 5.57. The molecule has 20 heavy (non-hydrogen) atoms. The summed E-state index contributed by atoms with van der Waals surface area (Å²) < 4.78 is 9.96. The molecule has 1 aromatic carbocycles. The van der Waals surface area contributed by atoms with Gasteiger partial charge in [0.25, 0.3) is 0 Å². The van der Waals surface area contributed by atoms with Gasteiger partial charge in [-0.15, -0.1) is 0 Å². The number of hydrogen-bond donors (Lipinski definition) is 3. The number of nitrogens with one attached hydrogen (secondary N) is 1. The van der Waals surface area contributed by atoms with Gasteiger partial charge in [-0.2, -0.15) is 0 Å². The predicted octanol–water partition coefficient (Wildman–Crippen LogP) is 1.14. The minimum atomic E-state index is -0.708. The van der Waals surface area contributed by atoms with Gasteiger partial charge in [-0.05, 0) is 31.2 Å². The van der Waals surface area contributed by atoms with Crippen LogP contribution in [0.25, 0.3) is 0 Å². The van der Waals surface area contributed by atoms with E-state index in [1.807, 2.05) is 0 Å². The monoisotopic (exact) mass is 281 g/mol. The molecule has 1 rings (SSSR count). The number of methoxy groups -OCH3 is 1. The Morgan fingerprint density at radius 1 is 1.45 bits per heavy atom. The normalized spacial score (nSPS) is 12.7. The summed E-state index contributed by atoms with van der Waals surface area (Å²) in [6.45, 7) is 1.62. The van der Waals surface area contributed by atoms with Crippen molar-refractivity contribution in [2.75, 3.05) is 13.7 Å². The number of guanidine groups is 1. The van der Waals surface area contributed by atoms with Gasteiger partial charge in [-0.3, -0.25) is 5.32 Å². The molecular weight excluding hydrogens is 262 g/mol. The van der Waals surface area contributed by atoms with Gasteiger partial charge in [0.05, 0.1) is 12.8 Å².